The van der Waals surface area contributed by atoms with Gasteiger partial charge in [-0.1, -0.05) is 26.8 Å². The molecule has 0 atom stereocenters. The van der Waals surface area contributed by atoms with Crippen LogP contribution in [0.5, 0.6) is 0 Å². The smallest absolute Gasteiger partial charge is 0.415 e. The summed E-state index contributed by atoms with van der Waals surface area (Å²) in [6.07, 6.45) is 0.612. The van der Waals surface area contributed by atoms with Gasteiger partial charge < -0.3 is 9.53 Å². The van der Waals surface area contributed by atoms with E-state index in [1.54, 1.807) is 6.20 Å². The van der Waals surface area contributed by atoms with Crippen LogP contribution in [0.4, 0.5) is 4.79 Å². The summed E-state index contributed by atoms with van der Waals surface area (Å²) < 4.78 is 7.43. The summed E-state index contributed by atoms with van der Waals surface area (Å²) in [6, 6.07) is 7.60. The fraction of sp³-hybridized carbons (Fsp3) is 0.438. The van der Waals surface area contributed by atoms with Gasteiger partial charge in [-0.3, -0.25) is 4.57 Å². The number of carboxylic acid groups (broad SMARTS) is 1. The van der Waals surface area contributed by atoms with Crippen LogP contribution < -0.4 is 0 Å². The Kier molecular flexibility index (Phi) is 3.99. The lowest BCUT2D eigenvalue weighted by Crippen LogP contribution is -2.40. The average Bonchev–Trinajstić information content (AvgIpc) is 2.78. The Morgan fingerprint density at radius 2 is 1.95 bits per heavy atom. The summed E-state index contributed by atoms with van der Waals surface area (Å²) in [4.78, 5) is 11.1. The molecule has 5 heteroatoms. The Morgan fingerprint density at radius 1 is 1.29 bits per heavy atom. The lowest BCUT2D eigenvalue weighted by molar-refractivity contribution is 0.197. The second-order valence-corrected chi connectivity index (χ2v) is 11.7. The van der Waals surface area contributed by atoms with E-state index in [4.69, 9.17) is 9.53 Å². The number of fused-ring (bicyclic) bond motifs is 1. The fourth-order valence-electron chi connectivity index (χ4n) is 1.93. The van der Waals surface area contributed by atoms with E-state index in [1.165, 1.54) is 4.57 Å². The standard InChI is InChI=1S/C16H23NO3Si/c1-16(2,3)21(4,5)20-11-12-6-7-14-13(10-12)8-9-17(14)15(18)19/h6-10H,11H2,1-5H3,(H,18,19). The minimum Gasteiger partial charge on any atom is -0.464 e. The first kappa shape index (κ1) is 15.8. The van der Waals surface area contributed by atoms with Crippen LogP contribution in [0.25, 0.3) is 10.9 Å². The van der Waals surface area contributed by atoms with E-state index in [2.05, 4.69) is 33.9 Å². The van der Waals surface area contributed by atoms with Crippen molar-refractivity contribution in [2.24, 2.45) is 0 Å². The maximum absolute atomic E-state index is 11.1. The Hall–Kier alpha value is -1.59. The van der Waals surface area contributed by atoms with E-state index in [0.717, 1.165) is 10.9 Å². The van der Waals surface area contributed by atoms with E-state index in [1.807, 2.05) is 24.3 Å². The molecule has 0 bridgehead atoms. The van der Waals surface area contributed by atoms with Crippen LogP contribution in [0.3, 0.4) is 0 Å². The van der Waals surface area contributed by atoms with Crippen LogP contribution in [0.15, 0.2) is 30.5 Å². The molecule has 0 aliphatic heterocycles. The monoisotopic (exact) mass is 305 g/mol. The number of rotatable bonds is 3. The molecule has 0 aliphatic rings. The quantitative estimate of drug-likeness (QED) is 0.837. The molecule has 114 valence electrons. The van der Waals surface area contributed by atoms with E-state index in [9.17, 15) is 4.79 Å². The van der Waals surface area contributed by atoms with Crippen molar-refractivity contribution in [1.82, 2.24) is 4.57 Å². The molecule has 0 fully saturated rings. The van der Waals surface area contributed by atoms with Crippen molar-refractivity contribution >= 4 is 25.3 Å². The first-order chi connectivity index (χ1) is 9.62. The first-order valence-corrected chi connectivity index (χ1v) is 10.00. The van der Waals surface area contributed by atoms with Crippen molar-refractivity contribution in [1.29, 1.82) is 0 Å². The molecule has 1 aromatic carbocycles. The van der Waals surface area contributed by atoms with E-state index < -0.39 is 14.4 Å². The minimum absolute atomic E-state index is 0.184. The third-order valence-electron chi connectivity index (χ3n) is 4.37. The number of benzene rings is 1. The lowest BCUT2D eigenvalue weighted by atomic mass is 10.2. The van der Waals surface area contributed by atoms with Crippen molar-refractivity contribution < 1.29 is 14.3 Å². The highest BCUT2D eigenvalue weighted by Gasteiger charge is 2.36. The van der Waals surface area contributed by atoms with Crippen molar-refractivity contribution in [3.05, 3.63) is 36.0 Å². The maximum Gasteiger partial charge on any atom is 0.415 e. The normalized spacial score (nSPS) is 12.8. The number of aromatic nitrogens is 1. The van der Waals surface area contributed by atoms with Gasteiger partial charge >= 0.3 is 6.09 Å². The third kappa shape index (κ3) is 3.19. The largest absolute Gasteiger partial charge is 0.464 e. The van der Waals surface area contributed by atoms with Gasteiger partial charge in [0.25, 0.3) is 0 Å². The predicted molar refractivity (Wildman–Crippen MR) is 87.3 cm³/mol. The number of hydrogen-bond acceptors (Lipinski definition) is 2. The highest BCUT2D eigenvalue weighted by molar-refractivity contribution is 6.74. The van der Waals surface area contributed by atoms with Crippen molar-refractivity contribution in [3.63, 3.8) is 0 Å². The van der Waals surface area contributed by atoms with Gasteiger partial charge in [-0.15, -0.1) is 0 Å². The topological polar surface area (TPSA) is 51.5 Å². The highest BCUT2D eigenvalue weighted by Crippen LogP contribution is 2.37. The van der Waals surface area contributed by atoms with Gasteiger partial charge in [-0.05, 0) is 41.9 Å². The van der Waals surface area contributed by atoms with E-state index in [0.29, 0.717) is 12.1 Å². The molecule has 0 unspecified atom stereocenters. The SMILES string of the molecule is CC(C)(C)[Si](C)(C)OCc1ccc2c(ccn2C(=O)O)c1. The summed E-state index contributed by atoms with van der Waals surface area (Å²) >= 11 is 0. The molecule has 0 aliphatic carbocycles. The second-order valence-electron chi connectivity index (χ2n) is 6.91. The van der Waals surface area contributed by atoms with Crippen LogP contribution in [0, 0.1) is 0 Å². The van der Waals surface area contributed by atoms with Crippen LogP contribution >= 0.6 is 0 Å². The fourth-order valence-corrected chi connectivity index (χ4v) is 2.89. The zero-order chi connectivity index (χ0) is 15.8. The summed E-state index contributed by atoms with van der Waals surface area (Å²) in [7, 11) is -1.77. The van der Waals surface area contributed by atoms with Gasteiger partial charge in [0.15, 0.2) is 8.32 Å². The van der Waals surface area contributed by atoms with Gasteiger partial charge in [-0.25, -0.2) is 4.79 Å². The van der Waals surface area contributed by atoms with Gasteiger partial charge in [0, 0.05) is 11.6 Å². The molecule has 1 aromatic heterocycles. The van der Waals surface area contributed by atoms with Crippen LogP contribution in [-0.2, 0) is 11.0 Å². The van der Waals surface area contributed by atoms with Crippen molar-refractivity contribution in [2.45, 2.75) is 45.5 Å². The summed E-state index contributed by atoms with van der Waals surface area (Å²) in [5.41, 5.74) is 1.79. The summed E-state index contributed by atoms with van der Waals surface area (Å²) in [5.74, 6) is 0. The highest BCUT2D eigenvalue weighted by atomic mass is 28.4. The predicted octanol–water partition coefficient (Wildman–Crippen LogP) is 4.69. The lowest BCUT2D eigenvalue weighted by Gasteiger charge is -2.36. The zero-order valence-electron chi connectivity index (χ0n) is 13.3. The van der Waals surface area contributed by atoms with Gasteiger partial charge in [0.05, 0.1) is 12.1 Å². The molecule has 0 amide bonds. The van der Waals surface area contributed by atoms with Gasteiger partial charge in [-0.2, -0.15) is 0 Å². The first-order valence-electron chi connectivity index (χ1n) is 7.09. The molecule has 21 heavy (non-hydrogen) atoms. The molecule has 1 heterocycles. The average molecular weight is 305 g/mol. The Bertz CT molecular complexity index is 668. The van der Waals surface area contributed by atoms with Gasteiger partial charge in [0.2, 0.25) is 0 Å². The number of carbonyl (C=O) groups is 1. The Labute approximate surface area is 126 Å². The molecule has 0 saturated heterocycles. The maximum atomic E-state index is 11.1. The molecular weight excluding hydrogens is 282 g/mol. The van der Waals surface area contributed by atoms with Crippen LogP contribution in [0.1, 0.15) is 26.3 Å². The number of hydrogen-bond donors (Lipinski definition) is 1. The molecule has 1 N–H and O–H groups in total. The molecular formula is C16H23NO3Si. The van der Waals surface area contributed by atoms with Crippen molar-refractivity contribution in [3.8, 4) is 0 Å². The molecule has 2 rings (SSSR count). The Morgan fingerprint density at radius 3 is 2.52 bits per heavy atom. The van der Waals surface area contributed by atoms with Crippen LogP contribution in [-0.4, -0.2) is 24.1 Å². The van der Waals surface area contributed by atoms with Gasteiger partial charge in [0.1, 0.15) is 0 Å². The van der Waals surface area contributed by atoms with Crippen LogP contribution in [0.2, 0.25) is 18.1 Å². The molecule has 0 saturated carbocycles. The molecule has 0 radical (unpaired) electrons. The van der Waals surface area contributed by atoms with E-state index >= 15 is 0 Å². The molecule has 4 nitrogen and oxygen atoms in total. The van der Waals surface area contributed by atoms with Crippen molar-refractivity contribution in [2.75, 3.05) is 0 Å². The van der Waals surface area contributed by atoms with E-state index in [-0.39, 0.29) is 5.04 Å². The zero-order valence-corrected chi connectivity index (χ0v) is 14.3. The Balaban J connectivity index is 2.19. The summed E-state index contributed by atoms with van der Waals surface area (Å²) in [6.45, 7) is 11.7. The summed E-state index contributed by atoms with van der Waals surface area (Å²) in [5, 5.41) is 10.2. The third-order valence-corrected chi connectivity index (χ3v) is 8.84. The number of nitrogens with zero attached hydrogens (tertiary/aromatic N) is 1. The molecule has 0 spiro atoms. The molecule has 2 aromatic rings. The second kappa shape index (κ2) is 5.31. The minimum atomic E-state index is -1.77.